The first-order chi connectivity index (χ1) is 17.2. The van der Waals surface area contributed by atoms with Crippen molar-refractivity contribution in [1.82, 2.24) is 10.1 Å². The van der Waals surface area contributed by atoms with Crippen LogP contribution in [0.25, 0.3) is 38.4 Å². The number of H-pyrrole nitrogens is 1. The molecule has 0 spiro atoms. The van der Waals surface area contributed by atoms with Crippen LogP contribution in [0.4, 0.5) is 0 Å². The van der Waals surface area contributed by atoms with Crippen LogP contribution in [0, 0.1) is 20.8 Å². The van der Waals surface area contributed by atoms with Gasteiger partial charge in [-0.3, -0.25) is 0 Å². The van der Waals surface area contributed by atoms with Gasteiger partial charge in [-0.05, 0) is 44.5 Å². The van der Waals surface area contributed by atoms with E-state index in [0.29, 0.717) is 0 Å². The molecular weight excluding hydrogens is 470 g/mol. The van der Waals surface area contributed by atoms with Crippen molar-refractivity contribution in [3.63, 3.8) is 0 Å². The number of rotatable bonds is 2. The summed E-state index contributed by atoms with van der Waals surface area (Å²) in [5.74, 6) is 0. The van der Waals surface area contributed by atoms with E-state index in [-0.39, 0.29) is 4.90 Å². The van der Waals surface area contributed by atoms with Crippen molar-refractivity contribution in [2.24, 2.45) is 0 Å². The second-order valence-electron chi connectivity index (χ2n) is 8.89. The van der Waals surface area contributed by atoms with Crippen molar-refractivity contribution in [3.05, 3.63) is 108 Å². The fraction of sp³-hybridized carbons (Fsp3) is 0.103. The standard InChI is InChI=1S/C22H17N3.C7H8O3S/c1-14-7-9-16(10-8-14)19-13-21-22-18(11-12-25(21)24-15(19)2)17-5-3-4-6-20(17)23-22;1-6-2-4-7(5-3-6)11(8,9)10/h3-13H,1-2H3;2-5H,1H3,(H,8,9,10). The number of aromatic amines is 1. The van der Waals surface area contributed by atoms with Gasteiger partial charge in [0.15, 0.2) is 0 Å². The number of nitrogens with zero attached hydrogens (tertiary/aromatic N) is 2. The number of fused-ring (bicyclic) bond motifs is 5. The summed E-state index contributed by atoms with van der Waals surface area (Å²) in [5, 5.41) is 5.89. The van der Waals surface area contributed by atoms with E-state index in [9.17, 15) is 13.0 Å². The lowest BCUT2D eigenvalue weighted by Gasteiger charge is -2.06. The predicted octanol–water partition coefficient (Wildman–Crippen LogP) is 5.64. The maximum absolute atomic E-state index is 10.4. The molecule has 6 rings (SSSR count). The normalized spacial score (nSPS) is 11.6. The summed E-state index contributed by atoms with van der Waals surface area (Å²) in [6, 6.07) is 27.1. The van der Waals surface area contributed by atoms with Crippen molar-refractivity contribution in [1.29, 1.82) is 0 Å². The van der Waals surface area contributed by atoms with Crippen LogP contribution in [0.2, 0.25) is 0 Å². The third-order valence-corrected chi connectivity index (χ3v) is 7.07. The highest BCUT2D eigenvalue weighted by atomic mass is 32.2. The number of nitrogens with one attached hydrogen (secondary N) is 1. The number of aryl methyl sites for hydroxylation is 3. The molecule has 6 nitrogen and oxygen atoms in total. The molecule has 0 fully saturated rings. The number of aromatic nitrogens is 3. The number of benzene rings is 3. The van der Waals surface area contributed by atoms with Crippen LogP contribution < -0.4 is 4.52 Å². The molecular formula is C29H25N3O3S. The molecule has 0 saturated carbocycles. The highest BCUT2D eigenvalue weighted by Crippen LogP contribution is 2.29. The Morgan fingerprint density at radius 3 is 2.11 bits per heavy atom. The Morgan fingerprint density at radius 1 is 0.806 bits per heavy atom. The van der Waals surface area contributed by atoms with Gasteiger partial charge in [-0.15, -0.1) is 0 Å². The molecule has 1 N–H and O–H groups in total. The molecule has 0 saturated heterocycles. The number of pyridine rings is 1. The first-order valence-electron chi connectivity index (χ1n) is 11.5. The van der Waals surface area contributed by atoms with Gasteiger partial charge < -0.3 is 4.55 Å². The van der Waals surface area contributed by atoms with E-state index < -0.39 is 10.1 Å². The molecule has 0 aliphatic rings. The molecule has 7 heteroatoms. The van der Waals surface area contributed by atoms with Crippen LogP contribution in [0.15, 0.2) is 96.0 Å². The maximum Gasteiger partial charge on any atom is 0.262 e. The lowest BCUT2D eigenvalue weighted by atomic mass is 10.0. The first kappa shape index (κ1) is 23.7. The van der Waals surface area contributed by atoms with E-state index in [2.05, 4.69) is 84.3 Å². The molecule has 0 radical (unpaired) electrons. The lowest BCUT2D eigenvalue weighted by Crippen LogP contribution is -2.27. The van der Waals surface area contributed by atoms with Crippen LogP contribution in [-0.4, -0.2) is 23.1 Å². The summed E-state index contributed by atoms with van der Waals surface area (Å²) in [6.07, 6.45) is 2.08. The average molecular weight is 496 g/mol. The predicted molar refractivity (Wildman–Crippen MR) is 141 cm³/mol. The van der Waals surface area contributed by atoms with Gasteiger partial charge in [-0.1, -0.05) is 70.2 Å². The Morgan fingerprint density at radius 2 is 1.44 bits per heavy atom. The third-order valence-electron chi connectivity index (χ3n) is 6.22. The summed E-state index contributed by atoms with van der Waals surface area (Å²) in [6.45, 7) is 6.05. The fourth-order valence-electron chi connectivity index (χ4n) is 4.27. The zero-order valence-electron chi connectivity index (χ0n) is 20.2. The zero-order valence-corrected chi connectivity index (χ0v) is 21.0. The topological polar surface area (TPSA) is 90.0 Å². The molecule has 0 unspecified atom stereocenters. The van der Waals surface area contributed by atoms with Gasteiger partial charge in [0.2, 0.25) is 6.20 Å². The molecule has 0 amide bonds. The highest BCUT2D eigenvalue weighted by Gasteiger charge is 2.17. The minimum Gasteiger partial charge on any atom is -0.744 e. The minimum absolute atomic E-state index is 0.178. The molecule has 0 aliphatic carbocycles. The van der Waals surface area contributed by atoms with Crippen molar-refractivity contribution in [2.75, 3.05) is 0 Å². The fourth-order valence-corrected chi connectivity index (χ4v) is 4.74. The second kappa shape index (κ2) is 9.18. The molecule has 0 bridgehead atoms. The van der Waals surface area contributed by atoms with Gasteiger partial charge in [0.05, 0.1) is 16.1 Å². The Hall–Kier alpha value is -4.07. The van der Waals surface area contributed by atoms with E-state index in [1.807, 2.05) is 13.0 Å². The molecule has 0 atom stereocenters. The van der Waals surface area contributed by atoms with Crippen LogP contribution >= 0.6 is 0 Å². The largest absolute Gasteiger partial charge is 0.744 e. The molecule has 3 aromatic heterocycles. The van der Waals surface area contributed by atoms with Crippen molar-refractivity contribution < 1.29 is 17.5 Å². The van der Waals surface area contributed by atoms with Gasteiger partial charge >= 0.3 is 0 Å². The van der Waals surface area contributed by atoms with Crippen LogP contribution in [0.1, 0.15) is 16.8 Å². The Balaban J connectivity index is 0.000000205. The van der Waals surface area contributed by atoms with E-state index in [4.69, 9.17) is 4.98 Å². The third kappa shape index (κ3) is 4.58. The van der Waals surface area contributed by atoms with Crippen molar-refractivity contribution >= 4 is 37.4 Å². The lowest BCUT2D eigenvalue weighted by molar-refractivity contribution is -0.580. The van der Waals surface area contributed by atoms with Crippen molar-refractivity contribution in [3.8, 4) is 11.1 Å². The number of para-hydroxylation sites is 1. The van der Waals surface area contributed by atoms with Crippen LogP contribution in [0.5, 0.6) is 0 Å². The quantitative estimate of drug-likeness (QED) is 0.249. The SMILES string of the molecule is Cc1ccc(-c2cc3c4nc5ccccc5c4cc[n+]3[nH]c2C)cc1.Cc1ccc(S(=O)(=O)[O-])cc1. The van der Waals surface area contributed by atoms with E-state index in [0.717, 1.165) is 27.8 Å². The molecule has 6 aromatic rings. The molecule has 180 valence electrons. The second-order valence-corrected chi connectivity index (χ2v) is 10.3. The monoisotopic (exact) mass is 495 g/mol. The number of hydrogen-bond acceptors (Lipinski definition) is 4. The smallest absolute Gasteiger partial charge is 0.262 e. The van der Waals surface area contributed by atoms with Gasteiger partial charge in [0.1, 0.15) is 15.6 Å². The van der Waals surface area contributed by atoms with E-state index in [1.54, 1.807) is 12.1 Å². The molecule has 3 heterocycles. The average Bonchev–Trinajstić information content (AvgIpc) is 3.23. The number of hydrogen-bond donors (Lipinski definition) is 1. The first-order valence-corrected chi connectivity index (χ1v) is 12.9. The summed E-state index contributed by atoms with van der Waals surface area (Å²) in [4.78, 5) is 4.70. The van der Waals surface area contributed by atoms with Crippen LogP contribution in [0.3, 0.4) is 0 Å². The highest BCUT2D eigenvalue weighted by molar-refractivity contribution is 7.85. The van der Waals surface area contributed by atoms with Gasteiger partial charge in [-0.2, -0.15) is 5.10 Å². The maximum atomic E-state index is 10.4. The van der Waals surface area contributed by atoms with Gasteiger partial charge in [0, 0.05) is 28.5 Å². The summed E-state index contributed by atoms with van der Waals surface area (Å²) in [5.41, 5.74) is 8.93. The van der Waals surface area contributed by atoms with Crippen LogP contribution in [-0.2, 0) is 10.1 Å². The summed E-state index contributed by atoms with van der Waals surface area (Å²) < 4.78 is 33.2. The Bertz CT molecular complexity index is 1820. The summed E-state index contributed by atoms with van der Waals surface area (Å²) in [7, 11) is -4.27. The minimum atomic E-state index is -4.27. The molecule has 36 heavy (non-hydrogen) atoms. The van der Waals surface area contributed by atoms with E-state index in [1.165, 1.54) is 39.6 Å². The molecule has 3 aromatic carbocycles. The Kier molecular flexibility index (Phi) is 6.04. The van der Waals surface area contributed by atoms with Gasteiger partial charge in [-0.25, -0.2) is 13.4 Å². The van der Waals surface area contributed by atoms with Crippen molar-refractivity contribution in [2.45, 2.75) is 25.7 Å². The summed E-state index contributed by atoms with van der Waals surface area (Å²) >= 11 is 0. The Labute approximate surface area is 209 Å². The zero-order chi connectivity index (χ0) is 25.4. The van der Waals surface area contributed by atoms with E-state index >= 15 is 0 Å². The van der Waals surface area contributed by atoms with Gasteiger partial charge in [0.25, 0.3) is 5.52 Å². The molecule has 0 aliphatic heterocycles.